The number of hydrogen-bond acceptors (Lipinski definition) is 5. The Morgan fingerprint density at radius 3 is 2.50 bits per heavy atom. The summed E-state index contributed by atoms with van der Waals surface area (Å²) in [7, 11) is 0. The fourth-order valence-corrected chi connectivity index (χ4v) is 4.32. The predicted molar refractivity (Wildman–Crippen MR) is 112 cm³/mol. The molecule has 0 aromatic carbocycles. The Kier molecular flexibility index (Phi) is 6.69. The van der Waals surface area contributed by atoms with E-state index in [-0.39, 0.29) is 30.5 Å². The van der Waals surface area contributed by atoms with Gasteiger partial charge < -0.3 is 14.5 Å². The van der Waals surface area contributed by atoms with Gasteiger partial charge in [-0.15, -0.1) is 0 Å². The Hall–Kier alpha value is -2.80. The van der Waals surface area contributed by atoms with Crippen molar-refractivity contribution in [3.05, 3.63) is 60.2 Å². The van der Waals surface area contributed by atoms with Gasteiger partial charge in [0.05, 0.1) is 18.3 Å². The molecule has 1 aliphatic carbocycles. The van der Waals surface area contributed by atoms with E-state index in [1.165, 1.54) is 6.42 Å². The third-order valence-corrected chi connectivity index (χ3v) is 5.89. The number of rotatable bonds is 5. The van der Waals surface area contributed by atoms with E-state index in [0.717, 1.165) is 31.2 Å². The van der Waals surface area contributed by atoms with Gasteiger partial charge in [-0.25, -0.2) is 0 Å². The molecule has 0 radical (unpaired) electrons. The van der Waals surface area contributed by atoms with E-state index < -0.39 is 0 Å². The predicted octanol–water partition coefficient (Wildman–Crippen LogP) is 2.68. The summed E-state index contributed by atoms with van der Waals surface area (Å²) in [6.45, 7) is 1.38. The highest BCUT2D eigenvalue weighted by molar-refractivity contribution is 5.96. The SMILES string of the molecule is O=C(c1cccnc1)N1CC(=O)N(C2CCCCC2)C[C@@H](OCc2cccnc2)C1. The summed E-state index contributed by atoms with van der Waals surface area (Å²) in [4.78, 5) is 37.9. The van der Waals surface area contributed by atoms with Crippen LogP contribution in [0.2, 0.25) is 0 Å². The first-order valence-electron chi connectivity index (χ1n) is 10.7. The van der Waals surface area contributed by atoms with Crippen molar-refractivity contribution in [3.8, 4) is 0 Å². The molecule has 7 heteroatoms. The molecule has 2 amide bonds. The number of pyridine rings is 2. The summed E-state index contributed by atoms with van der Waals surface area (Å²) in [5.74, 6) is -0.177. The van der Waals surface area contributed by atoms with Crippen LogP contribution in [0.25, 0.3) is 0 Å². The molecule has 0 spiro atoms. The molecule has 1 saturated carbocycles. The number of ether oxygens (including phenoxy) is 1. The van der Waals surface area contributed by atoms with Crippen molar-refractivity contribution in [2.75, 3.05) is 19.6 Å². The smallest absolute Gasteiger partial charge is 0.255 e. The lowest BCUT2D eigenvalue weighted by atomic mass is 9.94. The summed E-state index contributed by atoms with van der Waals surface area (Å²) < 4.78 is 6.19. The van der Waals surface area contributed by atoms with E-state index in [1.807, 2.05) is 17.0 Å². The molecule has 1 atom stereocenters. The van der Waals surface area contributed by atoms with Gasteiger partial charge >= 0.3 is 0 Å². The Morgan fingerprint density at radius 1 is 1.03 bits per heavy atom. The van der Waals surface area contributed by atoms with Gasteiger partial charge in [0.1, 0.15) is 6.54 Å². The Balaban J connectivity index is 1.52. The van der Waals surface area contributed by atoms with Gasteiger partial charge in [0.25, 0.3) is 5.91 Å². The molecule has 2 aromatic heterocycles. The van der Waals surface area contributed by atoms with Crippen LogP contribution in [0.5, 0.6) is 0 Å². The van der Waals surface area contributed by atoms with Gasteiger partial charge in [-0.3, -0.25) is 19.6 Å². The molecule has 2 aliphatic rings. The Bertz CT molecular complexity index is 840. The zero-order valence-corrected chi connectivity index (χ0v) is 17.2. The van der Waals surface area contributed by atoms with Crippen LogP contribution in [0.1, 0.15) is 48.0 Å². The van der Waals surface area contributed by atoms with E-state index >= 15 is 0 Å². The van der Waals surface area contributed by atoms with Gasteiger partial charge in [0.15, 0.2) is 0 Å². The summed E-state index contributed by atoms with van der Waals surface area (Å²) in [6, 6.07) is 7.55. The van der Waals surface area contributed by atoms with Crippen LogP contribution < -0.4 is 0 Å². The van der Waals surface area contributed by atoms with Crippen LogP contribution in [0.3, 0.4) is 0 Å². The lowest BCUT2D eigenvalue weighted by Gasteiger charge is -2.34. The largest absolute Gasteiger partial charge is 0.370 e. The Labute approximate surface area is 177 Å². The van der Waals surface area contributed by atoms with Crippen molar-refractivity contribution in [1.29, 1.82) is 0 Å². The highest BCUT2D eigenvalue weighted by Crippen LogP contribution is 2.25. The van der Waals surface area contributed by atoms with Gasteiger partial charge in [-0.2, -0.15) is 0 Å². The molecule has 30 heavy (non-hydrogen) atoms. The highest BCUT2D eigenvalue weighted by atomic mass is 16.5. The summed E-state index contributed by atoms with van der Waals surface area (Å²) >= 11 is 0. The molecule has 0 bridgehead atoms. The van der Waals surface area contributed by atoms with E-state index in [9.17, 15) is 9.59 Å². The maximum atomic E-state index is 13.1. The number of hydrogen-bond donors (Lipinski definition) is 0. The lowest BCUT2D eigenvalue weighted by molar-refractivity contribution is -0.134. The average molecular weight is 409 g/mol. The molecular weight excluding hydrogens is 380 g/mol. The van der Waals surface area contributed by atoms with Crippen LogP contribution >= 0.6 is 0 Å². The van der Waals surface area contributed by atoms with Gasteiger partial charge in [-0.1, -0.05) is 25.3 Å². The van der Waals surface area contributed by atoms with Gasteiger partial charge in [0.2, 0.25) is 5.91 Å². The minimum absolute atomic E-state index is 0.00613. The quantitative estimate of drug-likeness (QED) is 0.760. The molecule has 1 saturated heterocycles. The minimum Gasteiger partial charge on any atom is -0.370 e. The normalized spacial score (nSPS) is 20.8. The number of carbonyl (C=O) groups excluding carboxylic acids is 2. The maximum Gasteiger partial charge on any atom is 0.255 e. The molecular formula is C23H28N4O3. The van der Waals surface area contributed by atoms with Crippen LogP contribution in [-0.2, 0) is 16.1 Å². The molecule has 0 unspecified atom stereocenters. The number of aromatic nitrogens is 2. The van der Waals surface area contributed by atoms with E-state index in [0.29, 0.717) is 25.3 Å². The van der Waals surface area contributed by atoms with E-state index in [1.54, 1.807) is 41.8 Å². The van der Waals surface area contributed by atoms with E-state index in [4.69, 9.17) is 4.74 Å². The van der Waals surface area contributed by atoms with Crippen LogP contribution in [0.15, 0.2) is 49.1 Å². The summed E-state index contributed by atoms with van der Waals surface area (Å²) in [6.07, 6.45) is 12.0. The first-order chi connectivity index (χ1) is 14.7. The molecule has 2 fully saturated rings. The fraction of sp³-hybridized carbons (Fsp3) is 0.478. The van der Waals surface area contributed by atoms with Gasteiger partial charge in [-0.05, 0) is 36.6 Å². The van der Waals surface area contributed by atoms with Crippen LogP contribution in [0.4, 0.5) is 0 Å². The summed E-state index contributed by atoms with van der Waals surface area (Å²) in [5.41, 5.74) is 1.46. The highest BCUT2D eigenvalue weighted by Gasteiger charge is 2.35. The third kappa shape index (κ3) is 5.02. The molecule has 7 nitrogen and oxygen atoms in total. The number of amides is 2. The second-order valence-corrected chi connectivity index (χ2v) is 8.06. The summed E-state index contributed by atoms with van der Waals surface area (Å²) in [5, 5.41) is 0. The van der Waals surface area contributed by atoms with Crippen molar-refractivity contribution in [1.82, 2.24) is 19.8 Å². The number of carbonyl (C=O) groups is 2. The van der Waals surface area contributed by atoms with Crippen LogP contribution in [-0.4, -0.2) is 63.4 Å². The molecule has 3 heterocycles. The molecule has 1 aliphatic heterocycles. The third-order valence-electron chi connectivity index (χ3n) is 5.89. The van der Waals surface area contributed by atoms with Crippen molar-refractivity contribution in [2.45, 2.75) is 50.9 Å². The fourth-order valence-electron chi connectivity index (χ4n) is 4.32. The average Bonchev–Trinajstić information content (AvgIpc) is 2.98. The van der Waals surface area contributed by atoms with Crippen molar-refractivity contribution >= 4 is 11.8 Å². The maximum absolute atomic E-state index is 13.1. The van der Waals surface area contributed by atoms with Crippen LogP contribution in [0, 0.1) is 0 Å². The first kappa shape index (κ1) is 20.5. The Morgan fingerprint density at radius 2 is 1.80 bits per heavy atom. The molecule has 2 aromatic rings. The number of nitrogens with zero attached hydrogens (tertiary/aromatic N) is 4. The van der Waals surface area contributed by atoms with Crippen molar-refractivity contribution in [2.24, 2.45) is 0 Å². The second kappa shape index (κ2) is 9.80. The van der Waals surface area contributed by atoms with Crippen molar-refractivity contribution < 1.29 is 14.3 Å². The zero-order chi connectivity index (χ0) is 20.8. The molecule has 4 rings (SSSR count). The monoisotopic (exact) mass is 408 g/mol. The van der Waals surface area contributed by atoms with Gasteiger partial charge in [0, 0.05) is 43.9 Å². The molecule has 158 valence electrons. The topological polar surface area (TPSA) is 75.6 Å². The minimum atomic E-state index is -0.251. The first-order valence-corrected chi connectivity index (χ1v) is 10.7. The molecule has 0 N–H and O–H groups in total. The second-order valence-electron chi connectivity index (χ2n) is 8.06. The van der Waals surface area contributed by atoms with Crippen molar-refractivity contribution in [3.63, 3.8) is 0 Å². The lowest BCUT2D eigenvalue weighted by Crippen LogP contribution is -2.46. The zero-order valence-electron chi connectivity index (χ0n) is 17.2. The van der Waals surface area contributed by atoms with E-state index in [2.05, 4.69) is 9.97 Å². The standard InChI is InChI=1S/C23H28N4O3/c28-22-16-26(23(29)19-7-5-11-25-13-19)14-21(30-17-18-6-4-10-24-12-18)15-27(22)20-8-2-1-3-9-20/h4-7,10-13,20-21H,1-3,8-9,14-17H2/t21-/m0/s1.